The summed E-state index contributed by atoms with van der Waals surface area (Å²) in [4.78, 5) is 11.4. The van der Waals surface area contributed by atoms with Gasteiger partial charge in [-0.25, -0.2) is 0 Å². The molecule has 2 rings (SSSR count). The minimum absolute atomic E-state index is 0.112. The van der Waals surface area contributed by atoms with Crippen molar-refractivity contribution >= 4 is 17.4 Å². The second-order valence-electron chi connectivity index (χ2n) is 4.46. The molecule has 1 N–H and O–H groups in total. The number of non-ortho nitro benzene ring substituents is 1. The third-order valence-corrected chi connectivity index (χ3v) is 3.93. The Kier molecular flexibility index (Phi) is 4.76. The van der Waals surface area contributed by atoms with Crippen LogP contribution in [0.2, 0.25) is 0 Å². The molecule has 0 saturated heterocycles. The number of aliphatic hydroxyl groups excluding tert-OH is 1. The fraction of sp³-hybridized carbons (Fsp3) is 0.200. The van der Waals surface area contributed by atoms with Gasteiger partial charge in [0.2, 0.25) is 0 Å². The minimum Gasteiger partial charge on any atom is -0.389 e. The van der Waals surface area contributed by atoms with Crippen LogP contribution in [0.5, 0.6) is 0 Å². The highest BCUT2D eigenvalue weighted by Crippen LogP contribution is 2.26. The summed E-state index contributed by atoms with van der Waals surface area (Å²) in [7, 11) is 0. The molecule has 0 saturated carbocycles. The van der Waals surface area contributed by atoms with E-state index in [-0.39, 0.29) is 10.6 Å². The molecule has 0 aliphatic rings. The monoisotopic (exact) mass is 289 g/mol. The van der Waals surface area contributed by atoms with Gasteiger partial charge >= 0.3 is 0 Å². The lowest BCUT2D eigenvalue weighted by Crippen LogP contribution is -1.91. The third kappa shape index (κ3) is 3.82. The number of nitro groups is 1. The lowest BCUT2D eigenvalue weighted by atomic mass is 10.1. The van der Waals surface area contributed by atoms with Crippen molar-refractivity contribution in [3.05, 3.63) is 69.8 Å². The quantitative estimate of drug-likeness (QED) is 0.514. The van der Waals surface area contributed by atoms with Crippen molar-refractivity contribution in [1.82, 2.24) is 0 Å². The molecular formula is C15H15NO3S. The number of hydrogen-bond acceptors (Lipinski definition) is 4. The molecule has 1 unspecified atom stereocenters. The molecule has 0 radical (unpaired) electrons. The van der Waals surface area contributed by atoms with Gasteiger partial charge in [-0.1, -0.05) is 24.3 Å². The molecule has 0 fully saturated rings. The molecule has 0 heterocycles. The van der Waals surface area contributed by atoms with Crippen molar-refractivity contribution in [3.8, 4) is 0 Å². The fourth-order valence-electron chi connectivity index (χ4n) is 1.79. The van der Waals surface area contributed by atoms with Gasteiger partial charge in [0.25, 0.3) is 5.69 Å². The zero-order valence-electron chi connectivity index (χ0n) is 11.0. The summed E-state index contributed by atoms with van der Waals surface area (Å²) < 4.78 is 0. The summed E-state index contributed by atoms with van der Waals surface area (Å²) in [5.74, 6) is 0.658. The topological polar surface area (TPSA) is 63.4 Å². The molecule has 0 amide bonds. The van der Waals surface area contributed by atoms with Gasteiger partial charge in [0, 0.05) is 22.8 Å². The first kappa shape index (κ1) is 14.6. The van der Waals surface area contributed by atoms with Crippen LogP contribution >= 0.6 is 11.8 Å². The Balaban J connectivity index is 2.07. The predicted molar refractivity (Wildman–Crippen MR) is 79.7 cm³/mol. The highest BCUT2D eigenvalue weighted by molar-refractivity contribution is 7.98. The van der Waals surface area contributed by atoms with E-state index in [2.05, 4.69) is 0 Å². The van der Waals surface area contributed by atoms with Crippen LogP contribution in [0, 0.1) is 10.1 Å². The van der Waals surface area contributed by atoms with Gasteiger partial charge in [0.1, 0.15) is 0 Å². The normalized spacial score (nSPS) is 12.1. The first-order valence-corrected chi connectivity index (χ1v) is 7.19. The van der Waals surface area contributed by atoms with Gasteiger partial charge in [0.05, 0.1) is 11.0 Å². The maximum atomic E-state index is 10.7. The second kappa shape index (κ2) is 6.54. The predicted octanol–water partition coefficient (Wildman–Crippen LogP) is 3.94. The van der Waals surface area contributed by atoms with Crippen LogP contribution in [0.1, 0.15) is 24.2 Å². The van der Waals surface area contributed by atoms with E-state index in [1.807, 2.05) is 30.3 Å². The molecule has 0 spiro atoms. The molecule has 0 aliphatic heterocycles. The van der Waals surface area contributed by atoms with Crippen LogP contribution in [0.25, 0.3) is 0 Å². The van der Waals surface area contributed by atoms with Crippen LogP contribution in [-0.4, -0.2) is 10.0 Å². The van der Waals surface area contributed by atoms with E-state index < -0.39 is 6.10 Å². The van der Waals surface area contributed by atoms with Crippen molar-refractivity contribution in [1.29, 1.82) is 0 Å². The van der Waals surface area contributed by atoms with E-state index >= 15 is 0 Å². The van der Waals surface area contributed by atoms with E-state index in [9.17, 15) is 15.2 Å². The fourth-order valence-corrected chi connectivity index (χ4v) is 2.70. The Labute approximate surface area is 121 Å². The van der Waals surface area contributed by atoms with Crippen LogP contribution in [0.4, 0.5) is 5.69 Å². The summed E-state index contributed by atoms with van der Waals surface area (Å²) in [5, 5.41) is 20.3. The van der Waals surface area contributed by atoms with Gasteiger partial charge in [-0.2, -0.15) is 0 Å². The van der Waals surface area contributed by atoms with Crippen molar-refractivity contribution in [2.45, 2.75) is 23.7 Å². The molecule has 0 aliphatic carbocycles. The van der Waals surface area contributed by atoms with Crippen LogP contribution < -0.4 is 0 Å². The highest BCUT2D eigenvalue weighted by Gasteiger charge is 2.06. The van der Waals surface area contributed by atoms with E-state index in [0.717, 1.165) is 16.0 Å². The van der Waals surface area contributed by atoms with Gasteiger partial charge in [-0.05, 0) is 30.2 Å². The van der Waals surface area contributed by atoms with Gasteiger partial charge in [-0.3, -0.25) is 10.1 Å². The largest absolute Gasteiger partial charge is 0.389 e. The molecule has 0 bridgehead atoms. The Morgan fingerprint density at radius 1 is 1.25 bits per heavy atom. The standard InChI is InChI=1S/C15H15NO3S/c1-11(17)13-5-3-7-15(9-13)20-10-12-4-2-6-14(8-12)16(18)19/h2-9,11,17H,10H2,1H3. The zero-order chi connectivity index (χ0) is 14.5. The maximum Gasteiger partial charge on any atom is 0.269 e. The maximum absolute atomic E-state index is 10.7. The smallest absolute Gasteiger partial charge is 0.269 e. The molecule has 1 atom stereocenters. The van der Waals surface area contributed by atoms with Crippen molar-refractivity contribution < 1.29 is 10.0 Å². The highest BCUT2D eigenvalue weighted by atomic mass is 32.2. The van der Waals surface area contributed by atoms with Crippen molar-refractivity contribution in [2.24, 2.45) is 0 Å². The number of benzene rings is 2. The number of hydrogen-bond donors (Lipinski definition) is 1. The van der Waals surface area contributed by atoms with Crippen LogP contribution in [-0.2, 0) is 5.75 Å². The first-order valence-electron chi connectivity index (χ1n) is 6.20. The average Bonchev–Trinajstić information content (AvgIpc) is 2.45. The van der Waals surface area contributed by atoms with Gasteiger partial charge < -0.3 is 5.11 Å². The average molecular weight is 289 g/mol. The molecule has 4 nitrogen and oxygen atoms in total. The summed E-state index contributed by atoms with van der Waals surface area (Å²) in [6.07, 6.45) is -0.492. The number of nitrogens with zero attached hydrogens (tertiary/aromatic N) is 1. The molecule has 2 aromatic carbocycles. The summed E-state index contributed by atoms with van der Waals surface area (Å²) in [5.41, 5.74) is 1.89. The SMILES string of the molecule is CC(O)c1cccc(SCc2cccc([N+](=O)[O-])c2)c1. The summed E-state index contributed by atoms with van der Waals surface area (Å²) in [6, 6.07) is 14.3. The molecule has 20 heavy (non-hydrogen) atoms. The third-order valence-electron chi connectivity index (χ3n) is 2.87. The van der Waals surface area contributed by atoms with Crippen molar-refractivity contribution in [3.63, 3.8) is 0 Å². The molecular weight excluding hydrogens is 274 g/mol. The second-order valence-corrected chi connectivity index (χ2v) is 5.51. The Hall–Kier alpha value is -1.85. The molecule has 5 heteroatoms. The molecule has 104 valence electrons. The molecule has 2 aromatic rings. The number of rotatable bonds is 5. The van der Waals surface area contributed by atoms with Gasteiger partial charge in [-0.15, -0.1) is 11.8 Å². The van der Waals surface area contributed by atoms with Crippen LogP contribution in [0.15, 0.2) is 53.4 Å². The van der Waals surface area contributed by atoms with E-state index in [1.54, 1.807) is 30.8 Å². The Bertz CT molecular complexity index is 614. The van der Waals surface area contributed by atoms with Crippen molar-refractivity contribution in [2.75, 3.05) is 0 Å². The number of thioether (sulfide) groups is 1. The number of nitro benzene ring substituents is 1. The lowest BCUT2D eigenvalue weighted by molar-refractivity contribution is -0.384. The van der Waals surface area contributed by atoms with E-state index in [0.29, 0.717) is 5.75 Å². The molecule has 0 aromatic heterocycles. The number of aliphatic hydroxyl groups is 1. The van der Waals surface area contributed by atoms with Crippen LogP contribution in [0.3, 0.4) is 0 Å². The zero-order valence-corrected chi connectivity index (χ0v) is 11.8. The minimum atomic E-state index is -0.492. The summed E-state index contributed by atoms with van der Waals surface area (Å²) in [6.45, 7) is 1.73. The van der Waals surface area contributed by atoms with E-state index in [4.69, 9.17) is 0 Å². The Morgan fingerprint density at radius 3 is 2.70 bits per heavy atom. The lowest BCUT2D eigenvalue weighted by Gasteiger charge is -2.07. The van der Waals surface area contributed by atoms with Gasteiger partial charge in [0.15, 0.2) is 0 Å². The Morgan fingerprint density at radius 2 is 2.00 bits per heavy atom. The first-order chi connectivity index (χ1) is 9.56. The summed E-state index contributed by atoms with van der Waals surface area (Å²) >= 11 is 1.59. The van der Waals surface area contributed by atoms with E-state index in [1.165, 1.54) is 6.07 Å².